The van der Waals surface area contributed by atoms with Crippen molar-refractivity contribution in [2.24, 2.45) is 10.9 Å². The normalized spacial score (nSPS) is 15.5. The van der Waals surface area contributed by atoms with Crippen LogP contribution in [0.2, 0.25) is 0 Å². The van der Waals surface area contributed by atoms with Crippen LogP contribution in [-0.2, 0) is 0 Å². The summed E-state index contributed by atoms with van der Waals surface area (Å²) in [4.78, 5) is 1.66. The first-order valence-electron chi connectivity index (χ1n) is 3.37. The first-order valence-corrected chi connectivity index (χ1v) is 3.37. The predicted octanol–water partition coefficient (Wildman–Crippen LogP) is 0.0226. The van der Waals surface area contributed by atoms with Gasteiger partial charge in [-0.2, -0.15) is 0 Å². The van der Waals surface area contributed by atoms with Gasteiger partial charge >= 0.3 is 0 Å². The second kappa shape index (κ2) is 4.90. The lowest BCUT2D eigenvalue weighted by molar-refractivity contribution is 0.264. The van der Waals surface area contributed by atoms with E-state index in [1.807, 2.05) is 0 Å². The first-order chi connectivity index (χ1) is 5.13. The monoisotopic (exact) mass is 163 g/mol. The van der Waals surface area contributed by atoms with Gasteiger partial charge in [0.2, 0.25) is 0 Å². The molecule has 4 nitrogen and oxygen atoms in total. The molecule has 0 radical (unpaired) electrons. The lowest BCUT2D eigenvalue weighted by Crippen LogP contribution is -2.41. The highest BCUT2D eigenvalue weighted by Gasteiger charge is 2.12. The number of nitrogens with zero attached hydrogens (tertiary/aromatic N) is 2. The number of amidine groups is 1. The summed E-state index contributed by atoms with van der Waals surface area (Å²) in [5.74, 6) is 0.0981. The highest BCUT2D eigenvalue weighted by atomic mass is 19.1. The maximum Gasteiger partial charge on any atom is 0.156 e. The molecule has 11 heavy (non-hydrogen) atoms. The Morgan fingerprint density at radius 1 is 1.82 bits per heavy atom. The summed E-state index contributed by atoms with van der Waals surface area (Å²) in [5, 5.41) is 11.1. The summed E-state index contributed by atoms with van der Waals surface area (Å²) in [6, 6.07) is -0.226. The Bertz CT molecular complexity index is 140. The van der Waals surface area contributed by atoms with Gasteiger partial charge in [0.15, 0.2) is 5.84 Å². The Labute approximate surface area is 65.5 Å². The molecule has 0 aromatic carbocycles. The van der Waals surface area contributed by atoms with Crippen LogP contribution in [0.25, 0.3) is 0 Å². The maximum absolute atomic E-state index is 11.8. The van der Waals surface area contributed by atoms with Crippen molar-refractivity contribution in [2.45, 2.75) is 13.0 Å². The molecule has 0 saturated carbocycles. The Hall–Kier alpha value is -0.840. The van der Waals surface area contributed by atoms with Gasteiger partial charge in [-0.3, -0.25) is 4.90 Å². The molecule has 0 aliphatic carbocycles. The standard InChI is InChI=1S/C6H14FN3O/c1-5(6(8)9-11)10(2)4-3-7/h5,11H,3-4H2,1-2H3,(H2,8,9). The van der Waals surface area contributed by atoms with Crippen molar-refractivity contribution in [3.63, 3.8) is 0 Å². The van der Waals surface area contributed by atoms with Gasteiger partial charge in [-0.25, -0.2) is 4.39 Å². The van der Waals surface area contributed by atoms with Crippen LogP contribution in [0, 0.1) is 0 Å². The fraction of sp³-hybridized carbons (Fsp3) is 0.833. The van der Waals surface area contributed by atoms with Crippen molar-refractivity contribution in [1.29, 1.82) is 0 Å². The number of hydrogen-bond donors (Lipinski definition) is 2. The van der Waals surface area contributed by atoms with E-state index in [1.165, 1.54) is 0 Å². The highest BCUT2D eigenvalue weighted by molar-refractivity contribution is 5.84. The second-order valence-corrected chi connectivity index (χ2v) is 2.37. The average molecular weight is 163 g/mol. The van der Waals surface area contributed by atoms with Crippen LogP contribution in [-0.4, -0.2) is 42.3 Å². The van der Waals surface area contributed by atoms with E-state index in [-0.39, 0.29) is 18.4 Å². The number of hydrogen-bond acceptors (Lipinski definition) is 3. The van der Waals surface area contributed by atoms with E-state index in [0.717, 1.165) is 0 Å². The molecule has 1 atom stereocenters. The summed E-state index contributed by atoms with van der Waals surface area (Å²) in [7, 11) is 1.71. The van der Waals surface area contributed by atoms with E-state index in [1.54, 1.807) is 18.9 Å². The fourth-order valence-corrected chi connectivity index (χ4v) is 0.636. The summed E-state index contributed by atoms with van der Waals surface area (Å²) in [6.45, 7) is 1.60. The van der Waals surface area contributed by atoms with Gasteiger partial charge in [-0.1, -0.05) is 5.16 Å². The van der Waals surface area contributed by atoms with Crippen molar-refractivity contribution < 1.29 is 9.60 Å². The zero-order chi connectivity index (χ0) is 8.85. The van der Waals surface area contributed by atoms with Gasteiger partial charge in [-0.15, -0.1) is 0 Å². The van der Waals surface area contributed by atoms with Crippen molar-refractivity contribution >= 4 is 5.84 Å². The number of halogens is 1. The van der Waals surface area contributed by atoms with Crippen molar-refractivity contribution in [3.05, 3.63) is 0 Å². The molecule has 0 bridgehead atoms. The Morgan fingerprint density at radius 3 is 2.73 bits per heavy atom. The van der Waals surface area contributed by atoms with Crippen LogP contribution >= 0.6 is 0 Å². The van der Waals surface area contributed by atoms with Crippen LogP contribution in [0.4, 0.5) is 4.39 Å². The zero-order valence-corrected chi connectivity index (χ0v) is 6.79. The molecule has 0 aliphatic rings. The zero-order valence-electron chi connectivity index (χ0n) is 6.79. The second-order valence-electron chi connectivity index (χ2n) is 2.37. The van der Waals surface area contributed by atoms with Gasteiger partial charge in [0.1, 0.15) is 6.67 Å². The third kappa shape index (κ3) is 3.18. The van der Waals surface area contributed by atoms with Gasteiger partial charge < -0.3 is 10.9 Å². The summed E-state index contributed by atoms with van der Waals surface area (Å²) >= 11 is 0. The van der Waals surface area contributed by atoms with E-state index < -0.39 is 6.67 Å². The number of nitrogens with two attached hydrogens (primary N) is 1. The largest absolute Gasteiger partial charge is 0.409 e. The number of rotatable bonds is 4. The number of alkyl halides is 1. The molecule has 0 aromatic rings. The van der Waals surface area contributed by atoms with E-state index in [4.69, 9.17) is 10.9 Å². The minimum Gasteiger partial charge on any atom is -0.409 e. The molecule has 5 heteroatoms. The smallest absolute Gasteiger partial charge is 0.156 e. The van der Waals surface area contributed by atoms with Crippen molar-refractivity contribution in [2.75, 3.05) is 20.3 Å². The quantitative estimate of drug-likeness (QED) is 0.266. The molecule has 0 aliphatic heterocycles. The van der Waals surface area contributed by atoms with Crippen LogP contribution < -0.4 is 5.73 Å². The van der Waals surface area contributed by atoms with Gasteiger partial charge in [0.05, 0.1) is 6.04 Å². The van der Waals surface area contributed by atoms with E-state index in [9.17, 15) is 4.39 Å². The Balaban J connectivity index is 3.91. The fourth-order valence-electron chi connectivity index (χ4n) is 0.636. The Kier molecular flexibility index (Phi) is 4.52. The predicted molar refractivity (Wildman–Crippen MR) is 41.5 cm³/mol. The van der Waals surface area contributed by atoms with Crippen LogP contribution in [0.3, 0.4) is 0 Å². The van der Waals surface area contributed by atoms with Gasteiger partial charge in [-0.05, 0) is 14.0 Å². The SMILES string of the molecule is CC(C(N)=NO)N(C)CCF. The number of likely N-dealkylation sites (N-methyl/N-ethyl adjacent to an activating group) is 1. The minimum atomic E-state index is -0.431. The summed E-state index contributed by atoms with van der Waals surface area (Å²) in [5.41, 5.74) is 5.28. The lowest BCUT2D eigenvalue weighted by Gasteiger charge is -2.21. The van der Waals surface area contributed by atoms with E-state index in [2.05, 4.69) is 5.16 Å². The van der Waals surface area contributed by atoms with Crippen LogP contribution in [0.1, 0.15) is 6.92 Å². The lowest BCUT2D eigenvalue weighted by atomic mass is 10.3. The molecule has 0 heterocycles. The topological polar surface area (TPSA) is 61.9 Å². The van der Waals surface area contributed by atoms with E-state index in [0.29, 0.717) is 0 Å². The molecule has 1 unspecified atom stereocenters. The molecular weight excluding hydrogens is 149 g/mol. The minimum absolute atomic E-state index is 0.0981. The molecule has 66 valence electrons. The molecule has 0 aromatic heterocycles. The molecular formula is C6H14FN3O. The molecule has 0 rings (SSSR count). The van der Waals surface area contributed by atoms with Crippen LogP contribution in [0.5, 0.6) is 0 Å². The third-order valence-electron chi connectivity index (χ3n) is 1.64. The van der Waals surface area contributed by atoms with Crippen molar-refractivity contribution in [1.82, 2.24) is 4.90 Å². The van der Waals surface area contributed by atoms with Crippen LogP contribution in [0.15, 0.2) is 5.16 Å². The molecule has 0 amide bonds. The molecule has 0 fully saturated rings. The first kappa shape index (κ1) is 10.2. The molecule has 0 spiro atoms. The number of oxime groups is 1. The molecule has 3 N–H and O–H groups in total. The van der Waals surface area contributed by atoms with Gasteiger partial charge in [0, 0.05) is 6.54 Å². The summed E-state index contributed by atoms with van der Waals surface area (Å²) < 4.78 is 11.8. The van der Waals surface area contributed by atoms with E-state index >= 15 is 0 Å². The molecule has 0 saturated heterocycles. The third-order valence-corrected chi connectivity index (χ3v) is 1.64. The van der Waals surface area contributed by atoms with Gasteiger partial charge in [0.25, 0.3) is 0 Å². The summed E-state index contributed by atoms with van der Waals surface area (Å²) in [6.07, 6.45) is 0. The van der Waals surface area contributed by atoms with Crippen molar-refractivity contribution in [3.8, 4) is 0 Å². The maximum atomic E-state index is 11.8. The highest BCUT2D eigenvalue weighted by Crippen LogP contribution is 1.94. The average Bonchev–Trinajstić information content (AvgIpc) is 2.02. The Morgan fingerprint density at radius 2 is 2.36 bits per heavy atom.